The summed E-state index contributed by atoms with van der Waals surface area (Å²) in [5.41, 5.74) is 4.54. The zero-order valence-corrected chi connectivity index (χ0v) is 22.0. The number of carboxylic acids is 1. The van der Waals surface area contributed by atoms with Gasteiger partial charge >= 0.3 is 5.97 Å². The highest BCUT2D eigenvalue weighted by Crippen LogP contribution is 2.34. The number of amides is 2. The molecular formula is C29H33FN4O4. The van der Waals surface area contributed by atoms with Crippen molar-refractivity contribution in [2.75, 3.05) is 31.5 Å². The lowest BCUT2D eigenvalue weighted by Crippen LogP contribution is -2.35. The molecule has 0 saturated heterocycles. The maximum Gasteiger partial charge on any atom is 0.335 e. The lowest BCUT2D eigenvalue weighted by atomic mass is 10.0. The molecule has 2 amide bonds. The Kier molecular flexibility index (Phi) is 9.56. The van der Waals surface area contributed by atoms with Crippen molar-refractivity contribution in [2.45, 2.75) is 27.7 Å². The van der Waals surface area contributed by atoms with Crippen LogP contribution in [0.3, 0.4) is 0 Å². The number of carbonyl (C=O) groups is 3. The second kappa shape index (κ2) is 12.8. The van der Waals surface area contributed by atoms with E-state index >= 15 is 0 Å². The molecule has 2 aromatic carbocycles. The number of likely N-dealkylation sites (N-methyl/N-ethyl adjacent to an activating group) is 1. The lowest BCUT2D eigenvalue weighted by molar-refractivity contribution is -0.110. The van der Waals surface area contributed by atoms with Crippen LogP contribution >= 0.6 is 0 Å². The summed E-state index contributed by atoms with van der Waals surface area (Å²) in [5, 5.41) is 14.1. The Labute approximate surface area is 221 Å². The topological polar surface area (TPSA) is 115 Å². The molecule has 0 bridgehead atoms. The standard InChI is InChI=1S/C22H27FN4O2.C7H6O2/c1-5-27(6-2)10-9-24-22(29)20-13(3)19(25-14(20)4)12-17-16-11-15(23)7-8-18(16)26-21(17)28;8-7(9)6-4-2-1-3-5-6/h7-8,11-12,25H,5-6,9-10H2,1-4H3,(H,24,29)(H,26,28);1-5H,(H,8,9). The highest BCUT2D eigenvalue weighted by Gasteiger charge is 2.26. The van der Waals surface area contributed by atoms with E-state index in [4.69, 9.17) is 5.11 Å². The molecule has 2 heterocycles. The van der Waals surface area contributed by atoms with E-state index in [0.29, 0.717) is 40.2 Å². The van der Waals surface area contributed by atoms with Crippen molar-refractivity contribution < 1.29 is 23.9 Å². The third kappa shape index (κ3) is 6.74. The van der Waals surface area contributed by atoms with E-state index in [9.17, 15) is 18.8 Å². The number of nitrogens with one attached hydrogen (secondary N) is 3. The summed E-state index contributed by atoms with van der Waals surface area (Å²) in [4.78, 5) is 40.7. The number of rotatable bonds is 8. The van der Waals surface area contributed by atoms with Crippen LogP contribution < -0.4 is 10.6 Å². The first-order chi connectivity index (χ1) is 18.2. The number of nitrogens with zero attached hydrogens (tertiary/aromatic N) is 1. The maximum atomic E-state index is 13.7. The maximum absolute atomic E-state index is 13.7. The first kappa shape index (κ1) is 28.3. The number of carbonyl (C=O) groups excluding carboxylic acids is 2. The van der Waals surface area contributed by atoms with Gasteiger partial charge < -0.3 is 25.6 Å². The molecule has 1 aliphatic rings. The fourth-order valence-electron chi connectivity index (χ4n) is 4.24. The van der Waals surface area contributed by atoms with E-state index in [1.165, 1.54) is 12.1 Å². The minimum atomic E-state index is -0.879. The van der Waals surface area contributed by atoms with Gasteiger partial charge in [-0.2, -0.15) is 0 Å². The predicted molar refractivity (Wildman–Crippen MR) is 147 cm³/mol. The summed E-state index contributed by atoms with van der Waals surface area (Å²) in [5.74, 6) is -1.72. The van der Waals surface area contributed by atoms with E-state index < -0.39 is 11.8 Å². The van der Waals surface area contributed by atoms with Crippen molar-refractivity contribution in [3.8, 4) is 0 Å². The summed E-state index contributed by atoms with van der Waals surface area (Å²) in [6.45, 7) is 11.1. The van der Waals surface area contributed by atoms with Crippen molar-refractivity contribution in [3.05, 3.63) is 88.0 Å². The van der Waals surface area contributed by atoms with Crippen molar-refractivity contribution in [1.29, 1.82) is 0 Å². The van der Waals surface area contributed by atoms with Crippen LogP contribution in [0.5, 0.6) is 0 Å². The number of aryl methyl sites for hydroxylation is 1. The monoisotopic (exact) mass is 520 g/mol. The van der Waals surface area contributed by atoms with Gasteiger partial charge in [-0.1, -0.05) is 32.0 Å². The summed E-state index contributed by atoms with van der Waals surface area (Å²) in [7, 11) is 0. The quantitative estimate of drug-likeness (QED) is 0.321. The Morgan fingerprint density at radius 3 is 2.37 bits per heavy atom. The highest BCUT2D eigenvalue weighted by molar-refractivity contribution is 6.34. The van der Waals surface area contributed by atoms with E-state index in [0.717, 1.165) is 30.9 Å². The SMILES string of the molecule is CCN(CC)CCNC(=O)c1c(C)[nH]c(C=C2C(=O)Nc3ccc(F)cc32)c1C.O=C(O)c1ccccc1. The van der Waals surface area contributed by atoms with Crippen molar-refractivity contribution in [2.24, 2.45) is 0 Å². The number of carboxylic acid groups (broad SMARTS) is 1. The van der Waals surface area contributed by atoms with Gasteiger partial charge in [0.25, 0.3) is 11.8 Å². The molecule has 4 N–H and O–H groups in total. The lowest BCUT2D eigenvalue weighted by Gasteiger charge is -2.18. The Morgan fingerprint density at radius 2 is 1.76 bits per heavy atom. The smallest absolute Gasteiger partial charge is 0.335 e. The first-order valence-corrected chi connectivity index (χ1v) is 12.5. The summed E-state index contributed by atoms with van der Waals surface area (Å²) in [6.07, 6.45) is 1.68. The van der Waals surface area contributed by atoms with Crippen LogP contribution in [-0.2, 0) is 4.79 Å². The molecule has 8 nitrogen and oxygen atoms in total. The number of aromatic nitrogens is 1. The van der Waals surface area contributed by atoms with Gasteiger partial charge in [-0.3, -0.25) is 9.59 Å². The number of anilines is 1. The van der Waals surface area contributed by atoms with Crippen LogP contribution in [0.15, 0.2) is 48.5 Å². The van der Waals surface area contributed by atoms with Gasteiger partial charge in [0.05, 0.1) is 16.7 Å². The van der Waals surface area contributed by atoms with Gasteiger partial charge in [-0.05, 0) is 68.9 Å². The summed E-state index contributed by atoms with van der Waals surface area (Å²) in [6, 6.07) is 12.5. The minimum absolute atomic E-state index is 0.143. The molecule has 9 heteroatoms. The van der Waals surface area contributed by atoms with Crippen LogP contribution in [0.4, 0.5) is 10.1 Å². The molecule has 200 valence electrons. The Balaban J connectivity index is 0.000000375. The van der Waals surface area contributed by atoms with Crippen molar-refractivity contribution >= 4 is 35.1 Å². The average molecular weight is 521 g/mol. The molecule has 0 radical (unpaired) electrons. The number of hydrogen-bond donors (Lipinski definition) is 4. The van der Waals surface area contributed by atoms with Crippen LogP contribution in [-0.4, -0.2) is 59.0 Å². The number of fused-ring (bicyclic) bond motifs is 1. The van der Waals surface area contributed by atoms with Gasteiger partial charge in [-0.25, -0.2) is 9.18 Å². The number of aromatic amines is 1. The van der Waals surface area contributed by atoms with Crippen LogP contribution in [0.2, 0.25) is 0 Å². The Morgan fingerprint density at radius 1 is 1.08 bits per heavy atom. The van der Waals surface area contributed by atoms with Gasteiger partial charge in [0.15, 0.2) is 0 Å². The van der Waals surface area contributed by atoms with Gasteiger partial charge in [0, 0.05) is 35.7 Å². The first-order valence-electron chi connectivity index (χ1n) is 12.5. The fraction of sp³-hybridized carbons (Fsp3) is 0.276. The molecule has 0 fully saturated rings. The number of halogens is 1. The van der Waals surface area contributed by atoms with Crippen LogP contribution in [0, 0.1) is 19.7 Å². The van der Waals surface area contributed by atoms with E-state index in [1.54, 1.807) is 42.5 Å². The molecule has 0 unspecified atom stereocenters. The molecule has 0 spiro atoms. The predicted octanol–water partition coefficient (Wildman–Crippen LogP) is 4.72. The molecule has 3 aromatic rings. The number of H-pyrrole nitrogens is 1. The highest BCUT2D eigenvalue weighted by atomic mass is 19.1. The second-order valence-electron chi connectivity index (χ2n) is 8.82. The van der Waals surface area contributed by atoms with Gasteiger partial charge in [0.2, 0.25) is 0 Å². The van der Waals surface area contributed by atoms with Crippen molar-refractivity contribution in [3.63, 3.8) is 0 Å². The zero-order valence-electron chi connectivity index (χ0n) is 22.0. The minimum Gasteiger partial charge on any atom is -0.478 e. The molecule has 38 heavy (non-hydrogen) atoms. The third-order valence-electron chi connectivity index (χ3n) is 6.39. The molecule has 1 aromatic heterocycles. The van der Waals surface area contributed by atoms with E-state index in [1.807, 2.05) is 13.8 Å². The number of aromatic carboxylic acids is 1. The normalized spacial score (nSPS) is 13.1. The third-order valence-corrected chi connectivity index (χ3v) is 6.39. The summed E-state index contributed by atoms with van der Waals surface area (Å²) < 4.78 is 13.7. The summed E-state index contributed by atoms with van der Waals surface area (Å²) >= 11 is 0. The van der Waals surface area contributed by atoms with Gasteiger partial charge in [0.1, 0.15) is 5.82 Å². The molecule has 0 atom stereocenters. The van der Waals surface area contributed by atoms with Crippen LogP contribution in [0.1, 0.15) is 57.1 Å². The molecular weight excluding hydrogens is 487 g/mol. The average Bonchev–Trinajstić information content (AvgIpc) is 3.36. The zero-order chi connectivity index (χ0) is 27.8. The molecule has 1 aliphatic heterocycles. The fourth-order valence-corrected chi connectivity index (χ4v) is 4.24. The van der Waals surface area contributed by atoms with Gasteiger partial charge in [-0.15, -0.1) is 0 Å². The molecule has 4 rings (SSSR count). The second-order valence-corrected chi connectivity index (χ2v) is 8.82. The number of hydrogen-bond acceptors (Lipinski definition) is 4. The molecule has 0 saturated carbocycles. The Bertz CT molecular complexity index is 1340. The Hall–Kier alpha value is -4.24. The van der Waals surface area contributed by atoms with Crippen molar-refractivity contribution in [1.82, 2.24) is 15.2 Å². The van der Waals surface area contributed by atoms with E-state index in [-0.39, 0.29) is 11.8 Å². The van der Waals surface area contributed by atoms with E-state index in [2.05, 4.69) is 34.4 Å². The largest absolute Gasteiger partial charge is 0.478 e. The molecule has 0 aliphatic carbocycles. The van der Waals surface area contributed by atoms with Crippen LogP contribution in [0.25, 0.3) is 11.6 Å². The number of benzene rings is 2.